The molecule has 0 bridgehead atoms. The Kier molecular flexibility index (Phi) is 3.84. The molecule has 0 saturated carbocycles. The molecule has 18 heavy (non-hydrogen) atoms. The summed E-state index contributed by atoms with van der Waals surface area (Å²) in [6.07, 6.45) is 0.937. The number of hydrogen-bond acceptors (Lipinski definition) is 3. The molecule has 0 unspecified atom stereocenters. The van der Waals surface area contributed by atoms with Gasteiger partial charge in [-0.3, -0.25) is 9.13 Å². The number of ether oxygens (including phenoxy) is 2. The number of hydrogen-bond donors (Lipinski definition) is 0. The van der Waals surface area contributed by atoms with Gasteiger partial charge in [0, 0.05) is 14.2 Å². The lowest BCUT2D eigenvalue weighted by Gasteiger charge is -2.02. The average molecular weight is 250 g/mol. The Morgan fingerprint density at radius 3 is 2.22 bits per heavy atom. The molecule has 0 N–H and O–H groups in total. The molecule has 0 aliphatic rings. The molecule has 0 aliphatic heterocycles. The van der Waals surface area contributed by atoms with Crippen LogP contribution in [0, 0.1) is 0 Å². The third-order valence-corrected chi connectivity index (χ3v) is 3.01. The summed E-state index contributed by atoms with van der Waals surface area (Å²) in [5.74, 6) is 0. The van der Waals surface area contributed by atoms with Crippen molar-refractivity contribution in [2.45, 2.75) is 26.8 Å². The van der Waals surface area contributed by atoms with Gasteiger partial charge in [-0.15, -0.1) is 0 Å². The van der Waals surface area contributed by atoms with Crippen molar-refractivity contribution in [2.75, 3.05) is 14.2 Å². The molecular formula is C13H18N2O3. The highest BCUT2D eigenvalue weighted by Gasteiger charge is 2.12. The fourth-order valence-corrected chi connectivity index (χ4v) is 2.09. The number of aryl methyl sites for hydroxylation is 1. The summed E-state index contributed by atoms with van der Waals surface area (Å²) in [5.41, 5.74) is 2.85. The quantitative estimate of drug-likeness (QED) is 0.809. The second-order valence-electron chi connectivity index (χ2n) is 4.15. The molecular weight excluding hydrogens is 232 g/mol. The summed E-state index contributed by atoms with van der Waals surface area (Å²) in [6.45, 7) is 2.59. The Morgan fingerprint density at radius 2 is 1.67 bits per heavy atom. The SMILES string of the molecule is CCc1ccc2c(c1)n(COC)c(=O)n2COC. The van der Waals surface area contributed by atoms with Crippen LogP contribution < -0.4 is 5.69 Å². The van der Waals surface area contributed by atoms with Crippen LogP contribution in [0.25, 0.3) is 11.0 Å². The van der Waals surface area contributed by atoms with E-state index < -0.39 is 0 Å². The largest absolute Gasteiger partial charge is 0.364 e. The maximum Gasteiger partial charge on any atom is 0.332 e. The van der Waals surface area contributed by atoms with E-state index in [1.807, 2.05) is 18.2 Å². The molecule has 0 spiro atoms. The topological polar surface area (TPSA) is 45.4 Å². The van der Waals surface area contributed by atoms with Crippen molar-refractivity contribution in [1.82, 2.24) is 9.13 Å². The van der Waals surface area contributed by atoms with Crippen LogP contribution in [-0.2, 0) is 29.4 Å². The van der Waals surface area contributed by atoms with Crippen LogP contribution in [0.4, 0.5) is 0 Å². The summed E-state index contributed by atoms with van der Waals surface area (Å²) < 4.78 is 13.4. The van der Waals surface area contributed by atoms with E-state index in [4.69, 9.17) is 9.47 Å². The number of benzene rings is 1. The van der Waals surface area contributed by atoms with Gasteiger partial charge >= 0.3 is 5.69 Å². The molecule has 0 aliphatic carbocycles. The highest BCUT2D eigenvalue weighted by molar-refractivity contribution is 5.77. The van der Waals surface area contributed by atoms with Crippen LogP contribution in [0.3, 0.4) is 0 Å². The van der Waals surface area contributed by atoms with E-state index >= 15 is 0 Å². The third kappa shape index (κ3) is 2.07. The van der Waals surface area contributed by atoms with Gasteiger partial charge in [0.1, 0.15) is 13.5 Å². The summed E-state index contributed by atoms with van der Waals surface area (Å²) in [4.78, 5) is 12.2. The molecule has 0 atom stereocenters. The lowest BCUT2D eigenvalue weighted by molar-refractivity contribution is 0.117. The number of methoxy groups -OCH3 is 2. The second kappa shape index (κ2) is 5.37. The average Bonchev–Trinajstić information content (AvgIpc) is 2.64. The molecule has 1 aromatic carbocycles. The fourth-order valence-electron chi connectivity index (χ4n) is 2.09. The Balaban J connectivity index is 2.70. The fraction of sp³-hybridized carbons (Fsp3) is 0.462. The minimum absolute atomic E-state index is 0.109. The zero-order valence-electron chi connectivity index (χ0n) is 11.0. The first-order chi connectivity index (χ1) is 8.72. The minimum Gasteiger partial charge on any atom is -0.364 e. The lowest BCUT2D eigenvalue weighted by atomic mass is 10.1. The summed E-state index contributed by atoms with van der Waals surface area (Å²) >= 11 is 0. The first kappa shape index (κ1) is 12.9. The summed E-state index contributed by atoms with van der Waals surface area (Å²) in [7, 11) is 3.15. The first-order valence-electron chi connectivity index (χ1n) is 5.92. The van der Waals surface area contributed by atoms with Crippen molar-refractivity contribution < 1.29 is 9.47 Å². The maximum absolute atomic E-state index is 12.2. The van der Waals surface area contributed by atoms with E-state index in [9.17, 15) is 4.79 Å². The van der Waals surface area contributed by atoms with E-state index in [2.05, 4.69) is 6.92 Å². The van der Waals surface area contributed by atoms with Gasteiger partial charge in [-0.25, -0.2) is 4.79 Å². The van der Waals surface area contributed by atoms with Gasteiger partial charge < -0.3 is 9.47 Å². The highest BCUT2D eigenvalue weighted by atomic mass is 16.5. The maximum atomic E-state index is 12.2. The Labute approximate surface area is 106 Å². The molecule has 2 aromatic rings. The number of aromatic nitrogens is 2. The normalized spacial score (nSPS) is 11.3. The minimum atomic E-state index is -0.109. The van der Waals surface area contributed by atoms with E-state index in [0.717, 1.165) is 17.5 Å². The number of fused-ring (bicyclic) bond motifs is 1. The summed E-state index contributed by atoms with van der Waals surface area (Å²) in [5, 5.41) is 0. The molecule has 1 heterocycles. The van der Waals surface area contributed by atoms with Gasteiger partial charge in [-0.05, 0) is 24.1 Å². The van der Waals surface area contributed by atoms with E-state index in [1.54, 1.807) is 23.4 Å². The van der Waals surface area contributed by atoms with Crippen molar-refractivity contribution in [3.05, 3.63) is 34.2 Å². The van der Waals surface area contributed by atoms with Gasteiger partial charge in [0.25, 0.3) is 0 Å². The van der Waals surface area contributed by atoms with Crippen molar-refractivity contribution in [1.29, 1.82) is 0 Å². The van der Waals surface area contributed by atoms with E-state index in [1.165, 1.54) is 5.56 Å². The zero-order valence-corrected chi connectivity index (χ0v) is 11.0. The van der Waals surface area contributed by atoms with Crippen LogP contribution in [0.1, 0.15) is 12.5 Å². The second-order valence-corrected chi connectivity index (χ2v) is 4.15. The Morgan fingerprint density at radius 1 is 1.06 bits per heavy atom. The molecule has 0 radical (unpaired) electrons. The van der Waals surface area contributed by atoms with Crippen LogP contribution in [0.15, 0.2) is 23.0 Å². The predicted molar refractivity (Wildman–Crippen MR) is 69.6 cm³/mol. The smallest absolute Gasteiger partial charge is 0.332 e. The molecule has 1 aromatic heterocycles. The van der Waals surface area contributed by atoms with Crippen LogP contribution >= 0.6 is 0 Å². The summed E-state index contributed by atoms with van der Waals surface area (Å²) in [6, 6.07) is 6.02. The first-order valence-corrected chi connectivity index (χ1v) is 5.92. The number of nitrogens with zero attached hydrogens (tertiary/aromatic N) is 2. The lowest BCUT2D eigenvalue weighted by Crippen LogP contribution is -2.25. The van der Waals surface area contributed by atoms with Crippen molar-refractivity contribution in [3.63, 3.8) is 0 Å². The van der Waals surface area contributed by atoms with Gasteiger partial charge in [-0.2, -0.15) is 0 Å². The molecule has 5 heteroatoms. The Hall–Kier alpha value is -1.59. The molecule has 0 amide bonds. The number of rotatable bonds is 5. The van der Waals surface area contributed by atoms with Gasteiger partial charge in [0.15, 0.2) is 0 Å². The molecule has 0 saturated heterocycles. The standard InChI is InChI=1S/C13H18N2O3/c1-4-10-5-6-11-12(7-10)15(9-18-3)13(16)14(11)8-17-2/h5-7H,4,8-9H2,1-3H3. The van der Waals surface area contributed by atoms with E-state index in [0.29, 0.717) is 0 Å². The highest BCUT2D eigenvalue weighted by Crippen LogP contribution is 2.16. The van der Waals surface area contributed by atoms with Gasteiger partial charge in [-0.1, -0.05) is 13.0 Å². The van der Waals surface area contributed by atoms with Crippen LogP contribution in [0.2, 0.25) is 0 Å². The van der Waals surface area contributed by atoms with Gasteiger partial charge in [0.05, 0.1) is 11.0 Å². The van der Waals surface area contributed by atoms with Crippen molar-refractivity contribution in [3.8, 4) is 0 Å². The monoisotopic (exact) mass is 250 g/mol. The molecule has 2 rings (SSSR count). The van der Waals surface area contributed by atoms with Crippen molar-refractivity contribution >= 4 is 11.0 Å². The Bertz CT molecular complexity index is 598. The number of imidazole rings is 1. The molecule has 5 nitrogen and oxygen atoms in total. The van der Waals surface area contributed by atoms with E-state index in [-0.39, 0.29) is 19.2 Å². The van der Waals surface area contributed by atoms with Crippen LogP contribution in [-0.4, -0.2) is 23.4 Å². The molecule has 0 fully saturated rings. The van der Waals surface area contributed by atoms with Crippen molar-refractivity contribution in [2.24, 2.45) is 0 Å². The van der Waals surface area contributed by atoms with Gasteiger partial charge in [0.2, 0.25) is 0 Å². The molecule has 98 valence electrons. The zero-order chi connectivity index (χ0) is 13.1. The van der Waals surface area contributed by atoms with Crippen LogP contribution in [0.5, 0.6) is 0 Å². The predicted octanol–water partition coefficient (Wildman–Crippen LogP) is 1.57. The third-order valence-electron chi connectivity index (χ3n) is 3.01.